The number of aldehydes is 2. The van der Waals surface area contributed by atoms with E-state index in [0.29, 0.717) is 29.1 Å². The standard InChI is InChI=1S/C50H54ClN5O6S2/c1-4-7-36(26-57)56-41-15-14-37(38-10-6-11-39(45(38)41)49(56)61)31-16-19-54(20-17-31)43-24-32-13-12-30(22-40(32)53-43)29-63-55-21-18-35(25-50(55,2)3)52-34-9-5-8-33(23-34)48-46(51)47(42(27-58)64-48)62-28-44(59)60/h5-6,8-15,22-23,26-27,31,35-36,43,52-53H,4,7,16-21,24-25,28-29H2,1-3H3,(H,59,60). The van der Waals surface area contributed by atoms with Gasteiger partial charge in [0.15, 0.2) is 18.6 Å². The first kappa shape index (κ1) is 44.3. The molecular formula is C50H54ClN5O6S2. The van der Waals surface area contributed by atoms with E-state index in [1.807, 2.05) is 55.3 Å². The number of hydrogen-bond donors (Lipinski definition) is 3. The largest absolute Gasteiger partial charge is 0.479 e. The fraction of sp³-hybridized carbons (Fsp3) is 0.400. The molecule has 4 aliphatic rings. The number of thiophene rings is 1. The van der Waals surface area contributed by atoms with Crippen molar-refractivity contribution in [3.8, 4) is 16.2 Å². The minimum atomic E-state index is -1.14. The van der Waals surface area contributed by atoms with Gasteiger partial charge in [-0.2, -0.15) is 0 Å². The number of amides is 1. The minimum Gasteiger partial charge on any atom is -0.479 e. The number of carbonyl (C=O) groups excluding carboxylic acids is 3. The number of fused-ring (bicyclic) bond motifs is 1. The van der Waals surface area contributed by atoms with Gasteiger partial charge in [0.1, 0.15) is 16.2 Å². The Morgan fingerprint density at radius 3 is 2.62 bits per heavy atom. The number of piperidine rings is 2. The van der Waals surface area contributed by atoms with E-state index < -0.39 is 18.6 Å². The molecule has 9 rings (SSSR count). The summed E-state index contributed by atoms with van der Waals surface area (Å²) in [6.07, 6.45) is 8.36. The number of likely N-dealkylation sites (tertiary alicyclic amines) is 1. The van der Waals surface area contributed by atoms with Crippen molar-refractivity contribution < 1.29 is 29.0 Å². The number of ether oxygens (including phenoxy) is 1. The van der Waals surface area contributed by atoms with E-state index in [0.717, 1.165) is 97.9 Å². The molecule has 14 heteroatoms. The summed E-state index contributed by atoms with van der Waals surface area (Å²) in [6, 6.07) is 25.0. The first-order chi connectivity index (χ1) is 31.0. The molecule has 334 valence electrons. The van der Waals surface area contributed by atoms with Gasteiger partial charge in [-0.3, -0.25) is 19.4 Å². The van der Waals surface area contributed by atoms with E-state index in [9.17, 15) is 19.2 Å². The molecule has 11 nitrogen and oxygen atoms in total. The molecule has 5 aromatic rings. The number of carbonyl (C=O) groups is 4. The van der Waals surface area contributed by atoms with Crippen LogP contribution in [0.4, 0.5) is 17.1 Å². The van der Waals surface area contributed by atoms with Crippen LogP contribution in [0.3, 0.4) is 0 Å². The number of halogens is 1. The van der Waals surface area contributed by atoms with Crippen LogP contribution in [0.2, 0.25) is 5.02 Å². The summed E-state index contributed by atoms with van der Waals surface area (Å²) >= 11 is 9.71. The van der Waals surface area contributed by atoms with Gasteiger partial charge in [0.05, 0.1) is 22.8 Å². The molecule has 3 atom stereocenters. The molecule has 1 aromatic heterocycles. The summed E-state index contributed by atoms with van der Waals surface area (Å²) in [6.45, 7) is 9.03. The molecule has 2 saturated heterocycles. The lowest BCUT2D eigenvalue weighted by atomic mass is 9.85. The molecule has 2 fully saturated rings. The number of carboxylic acid groups (broad SMARTS) is 1. The second kappa shape index (κ2) is 18.5. The van der Waals surface area contributed by atoms with Crippen LogP contribution in [-0.2, 0) is 21.8 Å². The Balaban J connectivity index is 0.777. The highest BCUT2D eigenvalue weighted by Gasteiger charge is 2.38. The molecule has 4 aliphatic heterocycles. The normalized spacial score (nSPS) is 20.2. The van der Waals surface area contributed by atoms with Gasteiger partial charge in [0, 0.05) is 65.7 Å². The number of benzene rings is 4. The van der Waals surface area contributed by atoms with Crippen LogP contribution in [0.25, 0.3) is 21.2 Å². The highest BCUT2D eigenvalue weighted by Crippen LogP contribution is 2.47. The van der Waals surface area contributed by atoms with Crippen molar-refractivity contribution in [3.63, 3.8) is 0 Å². The third-order valence-electron chi connectivity index (χ3n) is 13.4. The fourth-order valence-corrected chi connectivity index (χ4v) is 12.8. The van der Waals surface area contributed by atoms with Crippen LogP contribution in [0.1, 0.15) is 102 Å². The maximum absolute atomic E-state index is 13.6. The fourth-order valence-electron chi connectivity index (χ4n) is 10.3. The van der Waals surface area contributed by atoms with Gasteiger partial charge in [-0.1, -0.05) is 79.4 Å². The number of nitrogens with zero attached hydrogens (tertiary/aromatic N) is 3. The van der Waals surface area contributed by atoms with Crippen molar-refractivity contribution in [1.29, 1.82) is 0 Å². The number of hydrogen-bond acceptors (Lipinski definition) is 11. The number of nitrogens with one attached hydrogen (secondary N) is 2. The molecule has 0 radical (unpaired) electrons. The van der Waals surface area contributed by atoms with E-state index in [-0.39, 0.29) is 39.3 Å². The van der Waals surface area contributed by atoms with Gasteiger partial charge in [-0.05, 0) is 110 Å². The van der Waals surface area contributed by atoms with Gasteiger partial charge < -0.3 is 25.3 Å². The summed E-state index contributed by atoms with van der Waals surface area (Å²) in [5.41, 5.74) is 8.55. The van der Waals surface area contributed by atoms with Crippen molar-refractivity contribution in [2.45, 2.75) is 101 Å². The zero-order chi connectivity index (χ0) is 44.7. The average molecular weight is 921 g/mol. The Bertz CT molecular complexity index is 2610. The number of rotatable bonds is 16. The molecular weight excluding hydrogens is 866 g/mol. The van der Waals surface area contributed by atoms with Crippen LogP contribution in [0, 0.1) is 0 Å². The van der Waals surface area contributed by atoms with Gasteiger partial charge in [-0.15, -0.1) is 11.3 Å². The first-order valence-corrected chi connectivity index (χ1v) is 24.5. The van der Waals surface area contributed by atoms with Crippen molar-refractivity contribution in [1.82, 2.24) is 9.21 Å². The van der Waals surface area contributed by atoms with Gasteiger partial charge in [0.25, 0.3) is 5.91 Å². The molecule has 4 aromatic carbocycles. The van der Waals surface area contributed by atoms with E-state index in [1.54, 1.807) is 4.90 Å². The van der Waals surface area contributed by atoms with Gasteiger partial charge >= 0.3 is 5.97 Å². The SMILES string of the molecule is CCCC(C=O)N1C(=O)c2cccc3c(C4CCN(C5Cc6ccc(CSN7CCC(Nc8cccc(-c9sc(C=O)c(OCC(=O)O)c9Cl)c8)CC7(C)C)cc6N5)CC4)ccc1c23. The Morgan fingerprint density at radius 1 is 1.06 bits per heavy atom. The predicted octanol–water partition coefficient (Wildman–Crippen LogP) is 10.5. The molecule has 0 spiro atoms. The van der Waals surface area contributed by atoms with Crippen molar-refractivity contribution in [2.24, 2.45) is 0 Å². The van der Waals surface area contributed by atoms with Crippen molar-refractivity contribution >= 4 is 87.2 Å². The molecule has 0 bridgehead atoms. The third-order valence-corrected chi connectivity index (χ3v) is 16.5. The Morgan fingerprint density at radius 2 is 1.88 bits per heavy atom. The minimum absolute atomic E-state index is 0.0463. The van der Waals surface area contributed by atoms with Crippen LogP contribution in [0.5, 0.6) is 5.75 Å². The van der Waals surface area contributed by atoms with Gasteiger partial charge in [0.2, 0.25) is 0 Å². The highest BCUT2D eigenvalue weighted by atomic mass is 35.5. The Labute approximate surface area is 387 Å². The Hall–Kier alpha value is -4.92. The maximum atomic E-state index is 13.6. The lowest BCUT2D eigenvalue weighted by Crippen LogP contribution is -2.49. The van der Waals surface area contributed by atoms with E-state index in [4.69, 9.17) is 21.4 Å². The number of carboxylic acids is 1. The third kappa shape index (κ3) is 8.65. The van der Waals surface area contributed by atoms with Crippen LogP contribution < -0.4 is 20.3 Å². The quantitative estimate of drug-likeness (QED) is 0.0646. The monoisotopic (exact) mass is 919 g/mol. The smallest absolute Gasteiger partial charge is 0.341 e. The van der Waals surface area contributed by atoms with Crippen LogP contribution >= 0.6 is 34.9 Å². The number of aliphatic carboxylic acids is 1. The second-order valence-corrected chi connectivity index (χ2v) is 20.5. The molecule has 0 saturated carbocycles. The highest BCUT2D eigenvalue weighted by molar-refractivity contribution is 7.96. The zero-order valence-electron chi connectivity index (χ0n) is 36.4. The van der Waals surface area contributed by atoms with Gasteiger partial charge in [-0.25, -0.2) is 9.10 Å². The summed E-state index contributed by atoms with van der Waals surface area (Å²) in [5.74, 6) is 0.203. The van der Waals surface area contributed by atoms with Crippen LogP contribution in [0.15, 0.2) is 72.8 Å². The topological polar surface area (TPSA) is 132 Å². The van der Waals surface area contributed by atoms with E-state index in [1.165, 1.54) is 33.7 Å². The second-order valence-electron chi connectivity index (χ2n) is 18.1. The summed E-state index contributed by atoms with van der Waals surface area (Å²) < 4.78 is 7.89. The summed E-state index contributed by atoms with van der Waals surface area (Å²) in [4.78, 5) is 53.7. The summed E-state index contributed by atoms with van der Waals surface area (Å²) in [5, 5.41) is 19.1. The lowest BCUT2D eigenvalue weighted by molar-refractivity contribution is -0.139. The average Bonchev–Trinajstić information content (AvgIpc) is 3.95. The summed E-state index contributed by atoms with van der Waals surface area (Å²) in [7, 11) is 0. The molecule has 3 N–H and O–H groups in total. The van der Waals surface area contributed by atoms with E-state index >= 15 is 0 Å². The lowest BCUT2D eigenvalue weighted by Gasteiger charge is -2.45. The number of anilines is 3. The maximum Gasteiger partial charge on any atom is 0.341 e. The zero-order valence-corrected chi connectivity index (χ0v) is 38.8. The Kier molecular flexibility index (Phi) is 12.8. The molecule has 5 heterocycles. The molecule has 3 unspecified atom stereocenters. The predicted molar refractivity (Wildman–Crippen MR) is 259 cm³/mol. The van der Waals surface area contributed by atoms with Crippen molar-refractivity contribution in [3.05, 3.63) is 105 Å². The van der Waals surface area contributed by atoms with Crippen molar-refractivity contribution in [2.75, 3.05) is 41.8 Å². The van der Waals surface area contributed by atoms with Crippen LogP contribution in [-0.4, -0.2) is 88.8 Å². The molecule has 64 heavy (non-hydrogen) atoms. The first-order valence-electron chi connectivity index (χ1n) is 22.3. The molecule has 1 amide bonds. The van der Waals surface area contributed by atoms with E-state index in [2.05, 4.69) is 70.1 Å². The molecule has 0 aliphatic carbocycles.